The Balaban J connectivity index is 1.55. The molecule has 1 aliphatic rings. The van der Waals surface area contributed by atoms with Crippen molar-refractivity contribution in [2.45, 2.75) is 20.0 Å². The van der Waals surface area contributed by atoms with Gasteiger partial charge in [-0.2, -0.15) is 0 Å². The maximum atomic E-state index is 12.8. The third kappa shape index (κ3) is 5.48. The molecule has 2 heterocycles. The summed E-state index contributed by atoms with van der Waals surface area (Å²) >= 11 is 1.44. The molecule has 1 aliphatic heterocycles. The molecule has 7 nitrogen and oxygen atoms in total. The highest BCUT2D eigenvalue weighted by atomic mass is 32.1. The summed E-state index contributed by atoms with van der Waals surface area (Å²) in [6, 6.07) is 9.55. The van der Waals surface area contributed by atoms with Crippen LogP contribution in [0.25, 0.3) is 0 Å². The number of piperazine rings is 1. The molecule has 8 heteroatoms. The van der Waals surface area contributed by atoms with Crippen LogP contribution in [-0.4, -0.2) is 62.0 Å². The molecule has 2 aromatic rings. The van der Waals surface area contributed by atoms with Crippen LogP contribution in [0.15, 0.2) is 30.3 Å². The normalized spacial score (nSPS) is 14.5. The van der Waals surface area contributed by atoms with Crippen LogP contribution in [0.4, 0.5) is 0 Å². The van der Waals surface area contributed by atoms with E-state index < -0.39 is 0 Å². The summed E-state index contributed by atoms with van der Waals surface area (Å²) < 4.78 is 10.8. The van der Waals surface area contributed by atoms with E-state index in [-0.39, 0.29) is 11.8 Å². The Morgan fingerprint density at radius 3 is 2.48 bits per heavy atom. The Kier molecular flexibility index (Phi) is 7.11. The fourth-order valence-corrected chi connectivity index (χ4v) is 4.23. The van der Waals surface area contributed by atoms with Gasteiger partial charge in [-0.15, -0.1) is 11.3 Å². The van der Waals surface area contributed by atoms with Crippen molar-refractivity contribution in [3.05, 3.63) is 45.6 Å². The minimum atomic E-state index is -0.0740. The molecule has 1 saturated heterocycles. The van der Waals surface area contributed by atoms with Gasteiger partial charge in [0.05, 0.1) is 25.6 Å². The number of carbonyl (C=O) groups is 2. The van der Waals surface area contributed by atoms with Crippen LogP contribution >= 0.6 is 11.3 Å². The first kappa shape index (κ1) is 21.1. The number of nitrogens with one attached hydrogen (secondary N) is 1. The van der Waals surface area contributed by atoms with E-state index in [0.29, 0.717) is 24.5 Å². The van der Waals surface area contributed by atoms with Gasteiger partial charge in [0.2, 0.25) is 5.91 Å². The zero-order chi connectivity index (χ0) is 20.8. The maximum absolute atomic E-state index is 12.8. The van der Waals surface area contributed by atoms with E-state index >= 15 is 0 Å². The predicted molar refractivity (Wildman–Crippen MR) is 113 cm³/mol. The smallest absolute Gasteiger partial charge is 0.264 e. The Morgan fingerprint density at radius 1 is 1.07 bits per heavy atom. The molecule has 0 bridgehead atoms. The lowest BCUT2D eigenvalue weighted by Crippen LogP contribution is -2.48. The summed E-state index contributed by atoms with van der Waals surface area (Å²) in [6.45, 7) is 5.67. The quantitative estimate of drug-likeness (QED) is 0.749. The molecule has 0 unspecified atom stereocenters. The molecule has 0 radical (unpaired) electrons. The second kappa shape index (κ2) is 9.76. The Bertz CT molecular complexity index is 859. The summed E-state index contributed by atoms with van der Waals surface area (Å²) in [5.41, 5.74) is 1.08. The Hall–Kier alpha value is -2.58. The van der Waals surface area contributed by atoms with E-state index in [0.717, 1.165) is 41.6 Å². The number of methoxy groups -OCH3 is 2. The molecule has 0 aliphatic carbocycles. The lowest BCUT2D eigenvalue weighted by atomic mass is 10.1. The molecule has 0 saturated carbocycles. The molecule has 156 valence electrons. The average molecular weight is 418 g/mol. The minimum Gasteiger partial charge on any atom is -0.497 e. The van der Waals surface area contributed by atoms with Gasteiger partial charge < -0.3 is 19.7 Å². The highest BCUT2D eigenvalue weighted by Crippen LogP contribution is 2.26. The molecule has 2 amide bonds. The SMILES string of the molecule is COc1ccc(OC)c(CN2CCN(C(=O)c3ccc(CNC(C)=O)s3)CC2)c1. The Labute approximate surface area is 175 Å². The van der Waals surface area contributed by atoms with Crippen LogP contribution in [0.5, 0.6) is 11.5 Å². The van der Waals surface area contributed by atoms with Crippen molar-refractivity contribution in [1.29, 1.82) is 0 Å². The lowest BCUT2D eigenvalue weighted by Gasteiger charge is -2.34. The second-order valence-corrected chi connectivity index (χ2v) is 8.09. The van der Waals surface area contributed by atoms with E-state index in [1.807, 2.05) is 35.2 Å². The monoisotopic (exact) mass is 417 g/mol. The number of rotatable bonds is 7. The highest BCUT2D eigenvalue weighted by molar-refractivity contribution is 7.14. The van der Waals surface area contributed by atoms with Crippen molar-refractivity contribution >= 4 is 23.2 Å². The van der Waals surface area contributed by atoms with E-state index in [1.165, 1.54) is 18.3 Å². The van der Waals surface area contributed by atoms with Gasteiger partial charge in [0.15, 0.2) is 0 Å². The van der Waals surface area contributed by atoms with Gasteiger partial charge in [-0.3, -0.25) is 14.5 Å². The van der Waals surface area contributed by atoms with Crippen LogP contribution in [0, 0.1) is 0 Å². The number of nitrogens with zero attached hydrogens (tertiary/aromatic N) is 2. The number of benzene rings is 1. The van der Waals surface area contributed by atoms with Crippen LogP contribution in [-0.2, 0) is 17.9 Å². The Morgan fingerprint density at radius 2 is 1.83 bits per heavy atom. The van der Waals surface area contributed by atoms with Gasteiger partial charge in [0.1, 0.15) is 11.5 Å². The molecule has 1 aromatic carbocycles. The fraction of sp³-hybridized carbons (Fsp3) is 0.429. The van der Waals surface area contributed by atoms with Gasteiger partial charge in [-0.05, 0) is 30.3 Å². The van der Waals surface area contributed by atoms with Gasteiger partial charge in [0, 0.05) is 50.1 Å². The van der Waals surface area contributed by atoms with E-state index in [2.05, 4.69) is 10.2 Å². The van der Waals surface area contributed by atoms with Crippen molar-refractivity contribution in [1.82, 2.24) is 15.1 Å². The first-order valence-corrected chi connectivity index (χ1v) is 10.4. The summed E-state index contributed by atoms with van der Waals surface area (Å²) in [4.78, 5) is 29.7. The first-order chi connectivity index (χ1) is 14.0. The number of carbonyl (C=O) groups excluding carboxylic acids is 2. The summed E-state index contributed by atoms with van der Waals surface area (Å²) in [6.07, 6.45) is 0. The molecule has 0 atom stereocenters. The topological polar surface area (TPSA) is 71.1 Å². The van der Waals surface area contributed by atoms with E-state index in [9.17, 15) is 9.59 Å². The van der Waals surface area contributed by atoms with Gasteiger partial charge in [0.25, 0.3) is 5.91 Å². The summed E-state index contributed by atoms with van der Waals surface area (Å²) in [5, 5.41) is 2.76. The van der Waals surface area contributed by atoms with Crippen molar-refractivity contribution in [2.24, 2.45) is 0 Å². The lowest BCUT2D eigenvalue weighted by molar-refractivity contribution is -0.119. The standard InChI is InChI=1S/C21H27N3O4S/c1-15(25)22-13-18-5-7-20(29-18)21(26)24-10-8-23(9-11-24)14-16-12-17(27-2)4-6-19(16)28-3/h4-7,12H,8-11,13-14H2,1-3H3,(H,22,25). The first-order valence-electron chi connectivity index (χ1n) is 9.56. The van der Waals surface area contributed by atoms with Crippen molar-refractivity contribution in [3.8, 4) is 11.5 Å². The molecule has 0 spiro atoms. The van der Waals surface area contributed by atoms with Crippen molar-refractivity contribution in [3.63, 3.8) is 0 Å². The number of amides is 2. The zero-order valence-electron chi connectivity index (χ0n) is 17.1. The van der Waals surface area contributed by atoms with Crippen LogP contribution in [0.1, 0.15) is 27.0 Å². The number of ether oxygens (including phenoxy) is 2. The molecular weight excluding hydrogens is 390 g/mol. The molecule has 1 N–H and O–H groups in total. The summed E-state index contributed by atoms with van der Waals surface area (Å²) in [5.74, 6) is 1.63. The molecular formula is C21H27N3O4S. The predicted octanol–water partition coefficient (Wildman–Crippen LogP) is 2.36. The van der Waals surface area contributed by atoms with Gasteiger partial charge >= 0.3 is 0 Å². The minimum absolute atomic E-state index is 0.0580. The van der Waals surface area contributed by atoms with Crippen LogP contribution in [0.3, 0.4) is 0 Å². The second-order valence-electron chi connectivity index (χ2n) is 6.92. The number of hydrogen-bond acceptors (Lipinski definition) is 6. The number of thiophene rings is 1. The fourth-order valence-electron chi connectivity index (χ4n) is 3.31. The summed E-state index contributed by atoms with van der Waals surface area (Å²) in [7, 11) is 3.32. The van der Waals surface area contributed by atoms with E-state index in [4.69, 9.17) is 9.47 Å². The van der Waals surface area contributed by atoms with Crippen molar-refractivity contribution < 1.29 is 19.1 Å². The largest absolute Gasteiger partial charge is 0.497 e. The maximum Gasteiger partial charge on any atom is 0.264 e. The van der Waals surface area contributed by atoms with E-state index in [1.54, 1.807) is 14.2 Å². The molecule has 29 heavy (non-hydrogen) atoms. The third-order valence-corrected chi connectivity index (χ3v) is 6.00. The molecule has 1 aromatic heterocycles. The number of hydrogen-bond donors (Lipinski definition) is 1. The molecule has 3 rings (SSSR count). The van der Waals surface area contributed by atoms with Crippen LogP contribution in [0.2, 0.25) is 0 Å². The van der Waals surface area contributed by atoms with Gasteiger partial charge in [-0.25, -0.2) is 0 Å². The molecule has 1 fully saturated rings. The average Bonchev–Trinajstić information content (AvgIpc) is 3.21. The third-order valence-electron chi connectivity index (χ3n) is 4.93. The van der Waals surface area contributed by atoms with Crippen LogP contribution < -0.4 is 14.8 Å². The van der Waals surface area contributed by atoms with Gasteiger partial charge in [-0.1, -0.05) is 0 Å². The highest BCUT2D eigenvalue weighted by Gasteiger charge is 2.24. The zero-order valence-corrected chi connectivity index (χ0v) is 17.9. The van der Waals surface area contributed by atoms with Crippen molar-refractivity contribution in [2.75, 3.05) is 40.4 Å².